The monoisotopic (exact) mass is 312 g/mol. The zero-order valence-corrected chi connectivity index (χ0v) is 13.0. The van der Waals surface area contributed by atoms with Gasteiger partial charge in [0.2, 0.25) is 0 Å². The summed E-state index contributed by atoms with van der Waals surface area (Å²) in [5, 5.41) is 13.6. The summed E-state index contributed by atoms with van der Waals surface area (Å²) in [4.78, 5) is 0. The molecule has 0 unspecified atom stereocenters. The van der Waals surface area contributed by atoms with E-state index in [2.05, 4.69) is 35.5 Å². The first-order chi connectivity index (χ1) is 11.9. The quantitative estimate of drug-likeness (QED) is 0.239. The first-order valence-electron chi connectivity index (χ1n) is 7.81. The number of oxime groups is 1. The van der Waals surface area contributed by atoms with Crippen molar-refractivity contribution in [2.24, 2.45) is 5.16 Å². The molecule has 3 aromatic carbocycles. The van der Waals surface area contributed by atoms with Crippen molar-refractivity contribution in [2.75, 3.05) is 0 Å². The van der Waals surface area contributed by atoms with Gasteiger partial charge >= 0.3 is 0 Å². The summed E-state index contributed by atoms with van der Waals surface area (Å²) in [6.07, 6.45) is 1.46. The fourth-order valence-electron chi connectivity index (χ4n) is 3.21. The van der Waals surface area contributed by atoms with E-state index in [1.165, 1.54) is 6.34 Å². The highest BCUT2D eigenvalue weighted by Gasteiger charge is 2.18. The van der Waals surface area contributed by atoms with Gasteiger partial charge < -0.3 is 5.21 Å². The molecule has 4 rings (SSSR count). The second kappa shape index (κ2) is 6.05. The SMILES string of the molecule is ON=Cn1c(-c2ccccc2)c(-c2ccccc2)c2ccccc21. The zero-order valence-electron chi connectivity index (χ0n) is 13.0. The minimum atomic E-state index is 1.01. The minimum absolute atomic E-state index is 1.01. The molecule has 1 heterocycles. The van der Waals surface area contributed by atoms with Gasteiger partial charge in [0, 0.05) is 10.9 Å². The normalized spacial score (nSPS) is 11.3. The predicted octanol–water partition coefficient (Wildman–Crippen LogP) is 5.24. The van der Waals surface area contributed by atoms with E-state index in [0.29, 0.717) is 0 Å². The lowest BCUT2D eigenvalue weighted by Gasteiger charge is -2.08. The molecule has 0 amide bonds. The molecule has 1 N–H and O–H groups in total. The van der Waals surface area contributed by atoms with Crippen molar-refractivity contribution in [1.29, 1.82) is 0 Å². The van der Waals surface area contributed by atoms with Gasteiger partial charge in [0.15, 0.2) is 0 Å². The van der Waals surface area contributed by atoms with E-state index < -0.39 is 0 Å². The first-order valence-corrected chi connectivity index (χ1v) is 7.81. The number of benzene rings is 3. The Bertz CT molecular complexity index is 1000. The lowest BCUT2D eigenvalue weighted by Crippen LogP contribution is -1.98. The second-order valence-electron chi connectivity index (χ2n) is 5.57. The van der Waals surface area contributed by atoms with E-state index in [-0.39, 0.29) is 0 Å². The topological polar surface area (TPSA) is 37.5 Å². The molecule has 3 heteroatoms. The molecule has 0 aliphatic heterocycles. The van der Waals surface area contributed by atoms with Crippen molar-refractivity contribution >= 4 is 17.2 Å². The van der Waals surface area contributed by atoms with Gasteiger partial charge in [-0.15, -0.1) is 0 Å². The van der Waals surface area contributed by atoms with Crippen LogP contribution >= 0.6 is 0 Å². The molecule has 0 saturated carbocycles. The molecule has 116 valence electrons. The molecular weight excluding hydrogens is 296 g/mol. The van der Waals surface area contributed by atoms with Crippen LogP contribution in [0, 0.1) is 0 Å². The molecule has 0 radical (unpaired) electrons. The number of fused-ring (bicyclic) bond motifs is 1. The zero-order chi connectivity index (χ0) is 16.4. The highest BCUT2D eigenvalue weighted by atomic mass is 16.4. The summed E-state index contributed by atoms with van der Waals surface area (Å²) in [6, 6.07) is 28.6. The molecule has 0 bridgehead atoms. The maximum absolute atomic E-state index is 9.18. The largest absolute Gasteiger partial charge is 0.410 e. The van der Waals surface area contributed by atoms with Gasteiger partial charge in [0.1, 0.15) is 6.34 Å². The maximum Gasteiger partial charge on any atom is 0.139 e. The molecule has 0 aliphatic carbocycles. The van der Waals surface area contributed by atoms with E-state index in [1.54, 1.807) is 0 Å². The third kappa shape index (κ3) is 2.27. The summed E-state index contributed by atoms with van der Waals surface area (Å²) >= 11 is 0. The fourth-order valence-corrected chi connectivity index (χ4v) is 3.21. The summed E-state index contributed by atoms with van der Waals surface area (Å²) in [7, 11) is 0. The van der Waals surface area contributed by atoms with E-state index in [9.17, 15) is 5.21 Å². The summed E-state index contributed by atoms with van der Waals surface area (Å²) in [5.41, 5.74) is 5.37. The van der Waals surface area contributed by atoms with Gasteiger partial charge in [-0.25, -0.2) is 0 Å². The van der Waals surface area contributed by atoms with Crippen LogP contribution in [0.2, 0.25) is 0 Å². The third-order valence-corrected chi connectivity index (χ3v) is 4.19. The molecule has 24 heavy (non-hydrogen) atoms. The van der Waals surface area contributed by atoms with Gasteiger partial charge in [-0.1, -0.05) is 84.0 Å². The van der Waals surface area contributed by atoms with Crippen molar-refractivity contribution in [1.82, 2.24) is 4.57 Å². The highest BCUT2D eigenvalue weighted by molar-refractivity contribution is 6.07. The van der Waals surface area contributed by atoms with E-state index in [4.69, 9.17) is 0 Å². The van der Waals surface area contributed by atoms with Crippen LogP contribution in [0.3, 0.4) is 0 Å². The predicted molar refractivity (Wildman–Crippen MR) is 98.5 cm³/mol. The van der Waals surface area contributed by atoms with Crippen LogP contribution in [0.5, 0.6) is 0 Å². The van der Waals surface area contributed by atoms with Gasteiger partial charge in [-0.2, -0.15) is 0 Å². The smallest absolute Gasteiger partial charge is 0.139 e. The number of hydrogen-bond acceptors (Lipinski definition) is 2. The summed E-state index contributed by atoms with van der Waals surface area (Å²) < 4.78 is 1.94. The highest BCUT2D eigenvalue weighted by Crippen LogP contribution is 2.40. The van der Waals surface area contributed by atoms with Gasteiger partial charge in [-0.05, 0) is 17.2 Å². The lowest BCUT2D eigenvalue weighted by molar-refractivity contribution is 0.320. The number of para-hydroxylation sites is 1. The van der Waals surface area contributed by atoms with Crippen LogP contribution in [0.15, 0.2) is 90.1 Å². The Kier molecular flexibility index (Phi) is 3.60. The molecule has 0 saturated heterocycles. The van der Waals surface area contributed by atoms with Crippen molar-refractivity contribution in [2.45, 2.75) is 0 Å². The number of hydrogen-bond donors (Lipinski definition) is 1. The molecule has 0 spiro atoms. The van der Waals surface area contributed by atoms with Crippen LogP contribution in [-0.2, 0) is 0 Å². The number of rotatable bonds is 3. The number of nitrogens with zero attached hydrogens (tertiary/aromatic N) is 2. The van der Waals surface area contributed by atoms with Gasteiger partial charge in [0.25, 0.3) is 0 Å². The van der Waals surface area contributed by atoms with Crippen LogP contribution in [0.25, 0.3) is 33.3 Å². The molecule has 4 aromatic rings. The van der Waals surface area contributed by atoms with E-state index in [0.717, 1.165) is 33.3 Å². The van der Waals surface area contributed by atoms with Crippen molar-refractivity contribution in [3.05, 3.63) is 84.9 Å². The van der Waals surface area contributed by atoms with E-state index >= 15 is 0 Å². The average Bonchev–Trinajstić information content (AvgIpc) is 2.98. The molecular formula is C21H16N2O. The van der Waals surface area contributed by atoms with Crippen molar-refractivity contribution < 1.29 is 5.21 Å². The third-order valence-electron chi connectivity index (χ3n) is 4.19. The lowest BCUT2D eigenvalue weighted by atomic mass is 9.98. The van der Waals surface area contributed by atoms with Crippen LogP contribution in [0.1, 0.15) is 0 Å². The van der Waals surface area contributed by atoms with Crippen LogP contribution in [0.4, 0.5) is 0 Å². The average molecular weight is 312 g/mol. The molecule has 3 nitrogen and oxygen atoms in total. The Hall–Kier alpha value is -3.33. The summed E-state index contributed by atoms with van der Waals surface area (Å²) in [5.74, 6) is 0. The minimum Gasteiger partial charge on any atom is -0.410 e. The second-order valence-corrected chi connectivity index (χ2v) is 5.57. The summed E-state index contributed by atoms with van der Waals surface area (Å²) in [6.45, 7) is 0. The van der Waals surface area contributed by atoms with Crippen LogP contribution in [-0.4, -0.2) is 16.1 Å². The maximum atomic E-state index is 9.18. The Morgan fingerprint density at radius 1 is 0.708 bits per heavy atom. The Labute approximate surface area is 140 Å². The van der Waals surface area contributed by atoms with Gasteiger partial charge in [-0.3, -0.25) is 4.57 Å². The molecule has 0 aliphatic rings. The Morgan fingerprint density at radius 2 is 1.29 bits per heavy atom. The Morgan fingerprint density at radius 3 is 1.96 bits per heavy atom. The van der Waals surface area contributed by atoms with Gasteiger partial charge in [0.05, 0.1) is 11.2 Å². The molecule has 0 fully saturated rings. The molecule has 1 aromatic heterocycles. The Balaban J connectivity index is 2.17. The van der Waals surface area contributed by atoms with E-state index in [1.807, 2.05) is 59.2 Å². The standard InChI is InChI=1S/C21H16N2O/c24-22-15-23-19-14-8-7-13-18(19)20(16-9-3-1-4-10-16)21(23)17-11-5-2-6-12-17/h1-15,24H. The van der Waals surface area contributed by atoms with Crippen molar-refractivity contribution in [3.63, 3.8) is 0 Å². The van der Waals surface area contributed by atoms with Crippen molar-refractivity contribution in [3.8, 4) is 22.4 Å². The fraction of sp³-hybridized carbons (Fsp3) is 0. The number of aromatic nitrogens is 1. The first kappa shape index (κ1) is 14.3. The molecule has 0 atom stereocenters. The van der Waals surface area contributed by atoms with Crippen LogP contribution < -0.4 is 0 Å².